The van der Waals surface area contributed by atoms with E-state index in [1.807, 2.05) is 29.2 Å². The van der Waals surface area contributed by atoms with Crippen molar-refractivity contribution in [3.8, 4) is 0 Å². The lowest BCUT2D eigenvalue weighted by Crippen LogP contribution is -2.37. The number of benzene rings is 2. The van der Waals surface area contributed by atoms with Crippen molar-refractivity contribution in [3.05, 3.63) is 63.7 Å². The summed E-state index contributed by atoms with van der Waals surface area (Å²) in [6, 6.07) is 11.8. The van der Waals surface area contributed by atoms with Crippen molar-refractivity contribution in [1.82, 2.24) is 4.31 Å². The number of nitro groups is 1. The molecular weight excluding hydrogens is 526 g/mol. The first-order valence-corrected chi connectivity index (χ1v) is 12.8. The van der Waals surface area contributed by atoms with Crippen molar-refractivity contribution in [2.24, 2.45) is 0 Å². The summed E-state index contributed by atoms with van der Waals surface area (Å²) in [5, 5.41) is 12.6. The van der Waals surface area contributed by atoms with Crippen LogP contribution in [0.15, 0.2) is 47.4 Å². The molecule has 0 unspecified atom stereocenters. The second-order valence-corrected chi connectivity index (χ2v) is 10.1. The van der Waals surface area contributed by atoms with Gasteiger partial charge in [0.1, 0.15) is 4.90 Å². The summed E-state index contributed by atoms with van der Waals surface area (Å²) >= 11 is 6.80. The largest absolute Gasteiger partial charge is 0.369 e. The van der Waals surface area contributed by atoms with E-state index in [2.05, 4.69) is 31.9 Å². The van der Waals surface area contributed by atoms with Gasteiger partial charge in [0.25, 0.3) is 5.69 Å². The maximum atomic E-state index is 13.6. The number of fused-ring (bicyclic) bond motifs is 1. The lowest BCUT2D eigenvalue weighted by molar-refractivity contribution is -0.385. The molecule has 0 spiro atoms. The van der Waals surface area contributed by atoms with Gasteiger partial charge in [0.05, 0.1) is 10.6 Å². The molecular formula is C19H21Br2N3O4S. The topological polar surface area (TPSA) is 83.8 Å². The molecule has 29 heavy (non-hydrogen) atoms. The van der Waals surface area contributed by atoms with Crippen LogP contribution < -0.4 is 4.90 Å². The van der Waals surface area contributed by atoms with Gasteiger partial charge in [0.15, 0.2) is 0 Å². The Balaban J connectivity index is 2.06. The fraction of sp³-hybridized carbons (Fsp3) is 0.368. The number of anilines is 1. The Hall–Kier alpha value is -1.49. The van der Waals surface area contributed by atoms with E-state index in [1.165, 1.54) is 22.5 Å². The van der Waals surface area contributed by atoms with Crippen molar-refractivity contribution in [3.63, 3.8) is 0 Å². The van der Waals surface area contributed by atoms with Gasteiger partial charge in [0, 0.05) is 49.0 Å². The van der Waals surface area contributed by atoms with Crippen LogP contribution in [0.2, 0.25) is 0 Å². The molecule has 0 bridgehead atoms. The van der Waals surface area contributed by atoms with Crippen molar-refractivity contribution < 1.29 is 13.3 Å². The molecule has 10 heteroatoms. The highest BCUT2D eigenvalue weighted by Crippen LogP contribution is 2.34. The van der Waals surface area contributed by atoms with E-state index in [4.69, 9.17) is 0 Å². The molecule has 1 aliphatic heterocycles. The zero-order valence-corrected chi connectivity index (χ0v) is 19.6. The molecule has 0 saturated heterocycles. The second-order valence-electron chi connectivity index (χ2n) is 6.63. The molecule has 1 heterocycles. The normalized spacial score (nSPS) is 14.4. The Bertz CT molecular complexity index is 995. The van der Waals surface area contributed by atoms with Crippen LogP contribution in [0, 0.1) is 10.1 Å². The number of nitrogens with zero attached hydrogens (tertiary/aromatic N) is 3. The quantitative estimate of drug-likeness (QED) is 0.284. The van der Waals surface area contributed by atoms with Gasteiger partial charge in [-0.1, -0.05) is 56.1 Å². The zero-order valence-electron chi connectivity index (χ0n) is 15.6. The highest BCUT2D eigenvalue weighted by molar-refractivity contribution is 9.09. The van der Waals surface area contributed by atoms with Crippen molar-refractivity contribution in [2.45, 2.75) is 17.9 Å². The van der Waals surface area contributed by atoms with Crippen LogP contribution in [0.4, 0.5) is 11.4 Å². The number of halogens is 2. The van der Waals surface area contributed by atoms with E-state index in [-0.39, 0.29) is 17.1 Å². The van der Waals surface area contributed by atoms with Crippen LogP contribution in [-0.2, 0) is 23.0 Å². The maximum absolute atomic E-state index is 13.6. The SMILES string of the molecule is O=[N+]([O-])c1ccc(N(CCBr)CCBr)c(S(=O)(=O)N2CCc3ccccc3C2)c1. The lowest BCUT2D eigenvalue weighted by atomic mass is 10.0. The predicted octanol–water partition coefficient (Wildman–Crippen LogP) is 3.94. The van der Waals surface area contributed by atoms with E-state index in [1.54, 1.807) is 0 Å². The van der Waals surface area contributed by atoms with Crippen LogP contribution in [-0.4, -0.2) is 47.9 Å². The molecule has 0 radical (unpaired) electrons. The lowest BCUT2D eigenvalue weighted by Gasteiger charge is -2.31. The Kier molecular flexibility index (Phi) is 7.31. The van der Waals surface area contributed by atoms with Crippen molar-refractivity contribution in [1.29, 1.82) is 0 Å². The van der Waals surface area contributed by atoms with Crippen LogP contribution >= 0.6 is 31.9 Å². The summed E-state index contributed by atoms with van der Waals surface area (Å²) in [6.45, 7) is 1.76. The Morgan fingerprint density at radius 3 is 2.34 bits per heavy atom. The van der Waals surface area contributed by atoms with Crippen LogP contribution in [0.1, 0.15) is 11.1 Å². The minimum Gasteiger partial charge on any atom is -0.369 e. The molecule has 2 aromatic rings. The molecule has 0 aromatic heterocycles. The number of rotatable bonds is 8. The molecule has 0 aliphatic carbocycles. The molecule has 0 fully saturated rings. The third-order valence-corrected chi connectivity index (χ3v) is 7.50. The first kappa shape index (κ1) is 22.2. The number of non-ortho nitro benzene ring substituents is 1. The van der Waals surface area contributed by atoms with Gasteiger partial charge in [-0.25, -0.2) is 8.42 Å². The average molecular weight is 547 g/mol. The number of hydrogen-bond acceptors (Lipinski definition) is 5. The van der Waals surface area contributed by atoms with Gasteiger partial charge in [0.2, 0.25) is 10.0 Å². The number of sulfonamides is 1. The molecule has 0 N–H and O–H groups in total. The van der Waals surface area contributed by atoms with Crippen LogP contribution in [0.5, 0.6) is 0 Å². The summed E-state index contributed by atoms with van der Waals surface area (Å²) in [5.41, 5.74) is 2.35. The molecule has 1 aliphatic rings. The molecule has 156 valence electrons. The monoisotopic (exact) mass is 545 g/mol. The second kappa shape index (κ2) is 9.55. The molecule has 3 rings (SSSR count). The number of nitro benzene ring substituents is 1. The van der Waals surface area contributed by atoms with Crippen LogP contribution in [0.25, 0.3) is 0 Å². The Morgan fingerprint density at radius 2 is 1.72 bits per heavy atom. The minimum atomic E-state index is -3.92. The molecule has 0 amide bonds. The van der Waals surface area contributed by atoms with E-state index in [0.717, 1.165) is 11.1 Å². The van der Waals surface area contributed by atoms with Crippen molar-refractivity contribution in [2.75, 3.05) is 35.2 Å². The molecule has 0 saturated carbocycles. The van der Waals surface area contributed by atoms with Crippen LogP contribution in [0.3, 0.4) is 0 Å². The first-order chi connectivity index (χ1) is 13.9. The third-order valence-electron chi connectivity index (χ3n) is 4.92. The highest BCUT2D eigenvalue weighted by Gasteiger charge is 2.32. The van der Waals surface area contributed by atoms with E-state index >= 15 is 0 Å². The van der Waals surface area contributed by atoms with E-state index < -0.39 is 14.9 Å². The summed E-state index contributed by atoms with van der Waals surface area (Å²) in [7, 11) is -3.92. The van der Waals surface area contributed by atoms with Gasteiger partial charge in [-0.3, -0.25) is 10.1 Å². The first-order valence-electron chi connectivity index (χ1n) is 9.10. The highest BCUT2D eigenvalue weighted by atomic mass is 79.9. The Morgan fingerprint density at radius 1 is 1.07 bits per heavy atom. The van der Waals surface area contributed by atoms with Gasteiger partial charge in [-0.2, -0.15) is 4.31 Å². The molecule has 2 aromatic carbocycles. The third kappa shape index (κ3) is 4.82. The van der Waals surface area contributed by atoms with Crippen molar-refractivity contribution >= 4 is 53.3 Å². The van der Waals surface area contributed by atoms with Gasteiger partial charge in [-0.15, -0.1) is 0 Å². The summed E-state index contributed by atoms with van der Waals surface area (Å²) in [4.78, 5) is 12.7. The number of hydrogen-bond donors (Lipinski definition) is 0. The maximum Gasteiger partial charge on any atom is 0.270 e. The molecule has 7 nitrogen and oxygen atoms in total. The standard InChI is InChI=1S/C19H21Br2N3O4S/c20-8-11-22(12-9-21)18-6-5-17(24(25)26)13-19(18)29(27,28)23-10-7-15-3-1-2-4-16(15)14-23/h1-6,13H,7-12,14H2. The summed E-state index contributed by atoms with van der Waals surface area (Å²) in [6.07, 6.45) is 0.617. The van der Waals surface area contributed by atoms with E-state index in [0.29, 0.717) is 42.4 Å². The average Bonchev–Trinajstić information content (AvgIpc) is 2.72. The van der Waals surface area contributed by atoms with Gasteiger partial charge < -0.3 is 4.90 Å². The van der Waals surface area contributed by atoms with Gasteiger partial charge >= 0.3 is 0 Å². The zero-order chi connectivity index (χ0) is 21.0. The summed E-state index contributed by atoms with van der Waals surface area (Å²) < 4.78 is 28.5. The number of alkyl halides is 2. The fourth-order valence-electron chi connectivity index (χ4n) is 3.46. The Labute approximate surface area is 187 Å². The fourth-order valence-corrected chi connectivity index (χ4v) is 5.96. The van der Waals surface area contributed by atoms with Gasteiger partial charge in [-0.05, 0) is 23.6 Å². The molecule has 0 atom stereocenters. The van der Waals surface area contributed by atoms with E-state index in [9.17, 15) is 18.5 Å². The predicted molar refractivity (Wildman–Crippen MR) is 121 cm³/mol. The smallest absolute Gasteiger partial charge is 0.270 e. The minimum absolute atomic E-state index is 0.0204. The summed E-state index contributed by atoms with van der Waals surface area (Å²) in [5.74, 6) is 0.